The van der Waals surface area contributed by atoms with Gasteiger partial charge in [-0.2, -0.15) is 0 Å². The molecule has 3 aromatic rings. The molecular weight excluding hydrogens is 472 g/mol. The molecule has 37 heavy (non-hydrogen) atoms. The Morgan fingerprint density at radius 3 is 2.05 bits per heavy atom. The van der Waals surface area contributed by atoms with Gasteiger partial charge in [0.25, 0.3) is 0 Å². The lowest BCUT2D eigenvalue weighted by Crippen LogP contribution is -2.44. The Hall–Kier alpha value is -4.21. The molecule has 2 N–H and O–H groups in total. The summed E-state index contributed by atoms with van der Waals surface area (Å²) in [6.45, 7) is 6.47. The molecule has 0 radical (unpaired) electrons. The first-order valence-electron chi connectivity index (χ1n) is 12.3. The maximum Gasteiger partial charge on any atom is 0.410 e. The van der Waals surface area contributed by atoms with E-state index in [1.165, 1.54) is 6.33 Å². The predicted octanol–water partition coefficient (Wildman–Crippen LogP) is 5.40. The van der Waals surface area contributed by atoms with Gasteiger partial charge in [0.2, 0.25) is 11.6 Å². The van der Waals surface area contributed by atoms with Crippen LogP contribution in [0.25, 0.3) is 0 Å². The van der Waals surface area contributed by atoms with Crippen molar-refractivity contribution in [1.29, 1.82) is 0 Å². The van der Waals surface area contributed by atoms with E-state index in [2.05, 4.69) is 20.6 Å². The highest BCUT2D eigenvalue weighted by atomic mass is 16.6. The number of nitro groups is 1. The predicted molar refractivity (Wildman–Crippen MR) is 141 cm³/mol. The third-order valence-electron chi connectivity index (χ3n) is 6.04. The second kappa shape index (κ2) is 11.2. The Labute approximate surface area is 216 Å². The summed E-state index contributed by atoms with van der Waals surface area (Å²) in [5.41, 5.74) is 1.12. The monoisotopic (exact) mass is 504 g/mol. The van der Waals surface area contributed by atoms with E-state index in [0.717, 1.165) is 11.1 Å². The molecule has 1 aliphatic heterocycles. The summed E-state index contributed by atoms with van der Waals surface area (Å²) >= 11 is 0. The number of carbonyl (C=O) groups is 1. The molecule has 0 spiro atoms. The molecule has 2 aromatic carbocycles. The Bertz CT molecular complexity index is 1170. The molecule has 194 valence electrons. The fourth-order valence-corrected chi connectivity index (χ4v) is 4.28. The van der Waals surface area contributed by atoms with Crippen molar-refractivity contribution >= 4 is 23.4 Å². The average molecular weight is 505 g/mol. The molecule has 1 saturated heterocycles. The molecular formula is C27H32N6O4. The van der Waals surface area contributed by atoms with Crippen LogP contribution >= 0.6 is 0 Å². The van der Waals surface area contributed by atoms with E-state index in [4.69, 9.17) is 4.74 Å². The van der Waals surface area contributed by atoms with Gasteiger partial charge in [-0.3, -0.25) is 10.1 Å². The summed E-state index contributed by atoms with van der Waals surface area (Å²) in [6, 6.07) is 19.0. The van der Waals surface area contributed by atoms with Gasteiger partial charge in [-0.1, -0.05) is 60.7 Å². The van der Waals surface area contributed by atoms with Gasteiger partial charge < -0.3 is 20.3 Å². The largest absolute Gasteiger partial charge is 0.444 e. The third-order valence-corrected chi connectivity index (χ3v) is 6.04. The van der Waals surface area contributed by atoms with Crippen LogP contribution in [0.2, 0.25) is 0 Å². The van der Waals surface area contributed by atoms with Crippen LogP contribution in [0.5, 0.6) is 0 Å². The number of anilines is 2. The minimum atomic E-state index is -0.561. The summed E-state index contributed by atoms with van der Waals surface area (Å²) in [6.07, 6.45) is 2.19. The van der Waals surface area contributed by atoms with Crippen LogP contribution in [0.4, 0.5) is 22.1 Å². The van der Waals surface area contributed by atoms with E-state index in [9.17, 15) is 14.9 Å². The Kier molecular flexibility index (Phi) is 7.86. The van der Waals surface area contributed by atoms with Gasteiger partial charge in [-0.25, -0.2) is 14.8 Å². The highest BCUT2D eigenvalue weighted by Crippen LogP contribution is 2.34. The summed E-state index contributed by atoms with van der Waals surface area (Å²) in [4.78, 5) is 34.2. The molecule has 1 amide bonds. The van der Waals surface area contributed by atoms with Crippen molar-refractivity contribution < 1.29 is 14.5 Å². The molecule has 10 heteroatoms. The lowest BCUT2D eigenvalue weighted by atomic mass is 9.98. The fourth-order valence-electron chi connectivity index (χ4n) is 4.28. The van der Waals surface area contributed by atoms with Crippen molar-refractivity contribution in [3.63, 3.8) is 0 Å². The molecule has 0 saturated carbocycles. The summed E-state index contributed by atoms with van der Waals surface area (Å²) in [5, 5.41) is 18.7. The molecule has 1 fully saturated rings. The first-order valence-corrected chi connectivity index (χ1v) is 12.3. The zero-order chi connectivity index (χ0) is 26.4. The second-order valence-electron chi connectivity index (χ2n) is 9.96. The van der Waals surface area contributed by atoms with Crippen molar-refractivity contribution in [2.24, 2.45) is 0 Å². The number of piperidine rings is 1. The van der Waals surface area contributed by atoms with Gasteiger partial charge in [0.1, 0.15) is 11.9 Å². The number of hydrogen-bond donors (Lipinski definition) is 2. The van der Waals surface area contributed by atoms with Gasteiger partial charge in [0.15, 0.2) is 0 Å². The standard InChI is InChI=1S/C27H32N6O4/c1-27(2,3)37-26(34)32-16-14-21(15-17-32)30-24-23(33(35)36)25(29-18-28-24)31-22(19-10-6-4-7-11-19)20-12-8-5-9-13-20/h4-13,18,21-22H,14-17H2,1-3H3,(H2,28,29,30,31). The molecule has 1 aliphatic rings. The van der Waals surface area contributed by atoms with Gasteiger partial charge >= 0.3 is 11.8 Å². The number of amides is 1. The molecule has 1 aromatic heterocycles. The van der Waals surface area contributed by atoms with E-state index in [0.29, 0.717) is 25.9 Å². The number of nitrogens with one attached hydrogen (secondary N) is 2. The van der Waals surface area contributed by atoms with Crippen LogP contribution in [0.15, 0.2) is 67.0 Å². The van der Waals surface area contributed by atoms with E-state index < -0.39 is 10.5 Å². The first kappa shape index (κ1) is 25.9. The average Bonchev–Trinajstić information content (AvgIpc) is 2.87. The summed E-state index contributed by atoms with van der Waals surface area (Å²) < 4.78 is 5.46. The van der Waals surface area contributed by atoms with E-state index in [1.54, 1.807) is 4.90 Å². The van der Waals surface area contributed by atoms with Crippen molar-refractivity contribution in [2.75, 3.05) is 23.7 Å². The van der Waals surface area contributed by atoms with Gasteiger partial charge in [-0.15, -0.1) is 0 Å². The van der Waals surface area contributed by atoms with Crippen LogP contribution in [-0.2, 0) is 4.74 Å². The quantitative estimate of drug-likeness (QED) is 0.324. The van der Waals surface area contributed by atoms with Gasteiger partial charge in [-0.05, 0) is 44.7 Å². The highest BCUT2D eigenvalue weighted by molar-refractivity contribution is 5.71. The van der Waals surface area contributed by atoms with Crippen LogP contribution in [0, 0.1) is 10.1 Å². The molecule has 0 aliphatic carbocycles. The van der Waals surface area contributed by atoms with Crippen molar-refractivity contribution in [3.8, 4) is 0 Å². The van der Waals surface area contributed by atoms with E-state index in [-0.39, 0.29) is 35.5 Å². The lowest BCUT2D eigenvalue weighted by Gasteiger charge is -2.33. The lowest BCUT2D eigenvalue weighted by molar-refractivity contribution is -0.383. The number of carbonyl (C=O) groups excluding carboxylic acids is 1. The molecule has 0 bridgehead atoms. The number of nitrogens with zero attached hydrogens (tertiary/aromatic N) is 4. The summed E-state index contributed by atoms with van der Waals surface area (Å²) in [7, 11) is 0. The Balaban J connectivity index is 1.53. The fraction of sp³-hybridized carbons (Fsp3) is 0.370. The number of aromatic nitrogens is 2. The van der Waals surface area contributed by atoms with Crippen LogP contribution in [0.3, 0.4) is 0 Å². The molecule has 2 heterocycles. The van der Waals surface area contributed by atoms with Crippen LogP contribution < -0.4 is 10.6 Å². The number of benzene rings is 2. The molecule has 4 rings (SSSR count). The zero-order valence-corrected chi connectivity index (χ0v) is 21.3. The molecule has 0 unspecified atom stereocenters. The van der Waals surface area contributed by atoms with Crippen LogP contribution in [0.1, 0.15) is 50.8 Å². The SMILES string of the molecule is CC(C)(C)OC(=O)N1CCC(Nc2ncnc(NC(c3ccccc3)c3ccccc3)c2[N+](=O)[O-])CC1. The second-order valence-corrected chi connectivity index (χ2v) is 9.96. The van der Waals surface area contributed by atoms with Gasteiger partial charge in [0.05, 0.1) is 11.0 Å². The molecule has 10 nitrogen and oxygen atoms in total. The van der Waals surface area contributed by atoms with E-state index in [1.807, 2.05) is 81.4 Å². The smallest absolute Gasteiger partial charge is 0.410 e. The topological polar surface area (TPSA) is 123 Å². The van der Waals surface area contributed by atoms with Gasteiger partial charge in [0, 0.05) is 19.1 Å². The third kappa shape index (κ3) is 6.72. The van der Waals surface area contributed by atoms with Crippen molar-refractivity contribution in [3.05, 3.63) is 88.2 Å². The maximum absolute atomic E-state index is 12.4. The number of ether oxygens (including phenoxy) is 1. The maximum atomic E-state index is 12.4. The van der Waals surface area contributed by atoms with Crippen LogP contribution in [-0.4, -0.2) is 50.6 Å². The normalized spacial score (nSPS) is 14.3. The Morgan fingerprint density at radius 1 is 1.00 bits per heavy atom. The van der Waals surface area contributed by atoms with Crippen molar-refractivity contribution in [2.45, 2.75) is 51.3 Å². The van der Waals surface area contributed by atoms with E-state index >= 15 is 0 Å². The van der Waals surface area contributed by atoms with Crippen molar-refractivity contribution in [1.82, 2.24) is 14.9 Å². The minimum Gasteiger partial charge on any atom is -0.444 e. The molecule has 0 atom stereocenters. The zero-order valence-electron chi connectivity index (χ0n) is 21.3. The minimum absolute atomic E-state index is 0.0841. The first-order chi connectivity index (χ1) is 17.7. The highest BCUT2D eigenvalue weighted by Gasteiger charge is 2.30. The number of hydrogen-bond acceptors (Lipinski definition) is 8. The summed E-state index contributed by atoms with van der Waals surface area (Å²) in [5.74, 6) is 0.282. The number of rotatable bonds is 7. The number of likely N-dealkylation sites (tertiary alicyclic amines) is 1. The Morgan fingerprint density at radius 2 is 1.54 bits per heavy atom.